The zero-order valence-corrected chi connectivity index (χ0v) is 25.1. The number of Topliss-reactive ketones (excluding diaryl/α,β-unsaturated/α-hetero) is 1. The molecule has 0 aliphatic carbocycles. The zero-order chi connectivity index (χ0) is 30.7. The van der Waals surface area contributed by atoms with Crippen LogP contribution in [0.2, 0.25) is 0 Å². The Hall–Kier alpha value is -4.58. The molecule has 2 aromatic carbocycles. The fourth-order valence-corrected chi connectivity index (χ4v) is 5.85. The zero-order valence-electron chi connectivity index (χ0n) is 24.3. The maximum atomic E-state index is 13.7. The van der Waals surface area contributed by atoms with Crippen molar-refractivity contribution in [1.29, 1.82) is 0 Å². The van der Waals surface area contributed by atoms with E-state index in [9.17, 15) is 19.5 Å². The number of thiazole rings is 1. The molecule has 1 amide bonds. The van der Waals surface area contributed by atoms with Crippen LogP contribution >= 0.6 is 11.3 Å². The van der Waals surface area contributed by atoms with Crippen molar-refractivity contribution in [3.63, 3.8) is 0 Å². The highest BCUT2D eigenvalue weighted by atomic mass is 32.1. The first-order chi connectivity index (χ1) is 20.8. The van der Waals surface area contributed by atoms with Gasteiger partial charge < -0.3 is 28.8 Å². The van der Waals surface area contributed by atoms with E-state index in [1.165, 1.54) is 12.0 Å². The Kier molecular flexibility index (Phi) is 8.86. The number of amides is 1. The van der Waals surface area contributed by atoms with Gasteiger partial charge in [0.15, 0.2) is 28.1 Å². The quantitative estimate of drug-likeness (QED) is 0.107. The van der Waals surface area contributed by atoms with Gasteiger partial charge in [0.25, 0.3) is 5.78 Å². The molecule has 1 fully saturated rings. The highest BCUT2D eigenvalue weighted by Crippen LogP contribution is 2.46. The van der Waals surface area contributed by atoms with Gasteiger partial charge in [-0.05, 0) is 56.2 Å². The third-order valence-electron chi connectivity index (χ3n) is 6.97. The van der Waals surface area contributed by atoms with E-state index in [2.05, 4.69) is 11.9 Å². The fraction of sp³-hybridized carbons (Fsp3) is 0.355. The number of unbranched alkanes of at least 4 members (excludes halogenated alkanes) is 1. The van der Waals surface area contributed by atoms with Crippen LogP contribution in [0, 0.1) is 6.92 Å². The van der Waals surface area contributed by atoms with Gasteiger partial charge in [0.05, 0.1) is 37.6 Å². The minimum absolute atomic E-state index is 0.108. The van der Waals surface area contributed by atoms with Crippen LogP contribution in [-0.2, 0) is 14.3 Å². The molecule has 1 unspecified atom stereocenters. The Morgan fingerprint density at radius 3 is 2.58 bits per heavy atom. The molecule has 0 bridgehead atoms. The molecule has 1 N–H and O–H groups in total. The van der Waals surface area contributed by atoms with Crippen LogP contribution in [0.3, 0.4) is 0 Å². The number of rotatable bonds is 10. The smallest absolute Gasteiger partial charge is 0.350 e. The molecule has 1 saturated heterocycles. The number of ether oxygens (including phenoxy) is 5. The van der Waals surface area contributed by atoms with Crippen molar-refractivity contribution in [1.82, 2.24) is 4.98 Å². The second-order valence-electron chi connectivity index (χ2n) is 9.77. The molecule has 3 heterocycles. The van der Waals surface area contributed by atoms with Gasteiger partial charge in [-0.2, -0.15) is 0 Å². The molecule has 0 spiro atoms. The summed E-state index contributed by atoms with van der Waals surface area (Å²) in [5.41, 5.74) is 0.918. The maximum Gasteiger partial charge on any atom is 0.350 e. The van der Waals surface area contributed by atoms with Crippen LogP contribution in [0.15, 0.2) is 42.0 Å². The summed E-state index contributed by atoms with van der Waals surface area (Å²) < 4.78 is 27.9. The highest BCUT2D eigenvalue weighted by Gasteiger charge is 2.48. The normalized spacial score (nSPS) is 17.2. The van der Waals surface area contributed by atoms with E-state index < -0.39 is 29.5 Å². The van der Waals surface area contributed by atoms with Crippen LogP contribution in [0.5, 0.6) is 23.0 Å². The van der Waals surface area contributed by atoms with E-state index in [-0.39, 0.29) is 27.8 Å². The van der Waals surface area contributed by atoms with Crippen molar-refractivity contribution < 1.29 is 43.2 Å². The second-order valence-corrected chi connectivity index (χ2v) is 10.7. The lowest BCUT2D eigenvalue weighted by Crippen LogP contribution is -2.29. The van der Waals surface area contributed by atoms with E-state index >= 15 is 0 Å². The van der Waals surface area contributed by atoms with Crippen molar-refractivity contribution in [2.45, 2.75) is 39.7 Å². The number of ketones is 1. The molecule has 12 heteroatoms. The Balaban J connectivity index is 1.66. The van der Waals surface area contributed by atoms with Crippen LogP contribution in [0.1, 0.15) is 59.2 Å². The Labute approximate surface area is 252 Å². The van der Waals surface area contributed by atoms with Gasteiger partial charge in [-0.25, -0.2) is 9.78 Å². The molecule has 1 atom stereocenters. The number of esters is 1. The number of aromatic nitrogens is 1. The van der Waals surface area contributed by atoms with E-state index in [0.717, 1.165) is 24.2 Å². The lowest BCUT2D eigenvalue weighted by Gasteiger charge is -2.24. The van der Waals surface area contributed by atoms with E-state index in [1.54, 1.807) is 50.2 Å². The summed E-state index contributed by atoms with van der Waals surface area (Å²) in [5.74, 6) is -0.994. The molecule has 3 aromatic rings. The number of fused-ring (bicyclic) bond motifs is 1. The van der Waals surface area contributed by atoms with Crippen molar-refractivity contribution in [3.05, 3.63) is 63.7 Å². The molecule has 1 aromatic heterocycles. The third kappa shape index (κ3) is 5.74. The Bertz CT molecular complexity index is 1600. The largest absolute Gasteiger partial charge is 0.507 e. The summed E-state index contributed by atoms with van der Waals surface area (Å²) in [6.07, 6.45) is 1.81. The number of carbonyl (C=O) groups is 3. The van der Waals surface area contributed by atoms with Crippen LogP contribution in [0.25, 0.3) is 5.76 Å². The van der Waals surface area contributed by atoms with Gasteiger partial charge in [-0.3, -0.25) is 14.5 Å². The van der Waals surface area contributed by atoms with E-state index in [4.69, 9.17) is 23.7 Å². The van der Waals surface area contributed by atoms with Gasteiger partial charge in [-0.1, -0.05) is 30.7 Å². The number of hydrogen-bond donors (Lipinski definition) is 1. The molecule has 2 aliphatic heterocycles. The summed E-state index contributed by atoms with van der Waals surface area (Å²) in [4.78, 5) is 45.8. The third-order valence-corrected chi connectivity index (χ3v) is 8.11. The first-order valence-electron chi connectivity index (χ1n) is 13.9. The molecular formula is C31H32N2O9S. The average Bonchev–Trinajstić information content (AvgIpc) is 3.53. The van der Waals surface area contributed by atoms with Crippen LogP contribution in [0.4, 0.5) is 5.13 Å². The monoisotopic (exact) mass is 608 g/mol. The summed E-state index contributed by atoms with van der Waals surface area (Å²) in [6, 6.07) is 8.75. The number of hydrogen-bond acceptors (Lipinski definition) is 11. The number of methoxy groups -OCH3 is 1. The summed E-state index contributed by atoms with van der Waals surface area (Å²) >= 11 is 0.934. The lowest BCUT2D eigenvalue weighted by molar-refractivity contribution is -0.132. The molecule has 43 heavy (non-hydrogen) atoms. The summed E-state index contributed by atoms with van der Waals surface area (Å²) in [7, 11) is 1.49. The van der Waals surface area contributed by atoms with Gasteiger partial charge in [0.1, 0.15) is 23.9 Å². The predicted octanol–water partition coefficient (Wildman–Crippen LogP) is 5.21. The summed E-state index contributed by atoms with van der Waals surface area (Å²) in [5, 5.41) is 11.7. The predicted molar refractivity (Wildman–Crippen MR) is 158 cm³/mol. The number of benzene rings is 2. The standard InChI is InChI=1S/C31H32N2O9S/c1-5-7-12-40-20-10-8-18(15-22(20)38-4)25-24(26(34)19-9-11-21-23(16-19)42-14-13-41-21)27(35)29(36)33(25)31-32-17(3)28(43-31)30(37)39-6-2/h8-11,15-16,25,34H,5-7,12-14H2,1-4H3. The van der Waals surface area contributed by atoms with E-state index in [0.29, 0.717) is 54.1 Å². The molecule has 0 saturated carbocycles. The SMILES string of the molecule is CCCCOc1ccc(C2C(=C(O)c3ccc4c(c3)OCCO4)C(=O)C(=O)N2c2nc(C)c(C(=O)OCC)s2)cc1OC. The topological polar surface area (TPSA) is 134 Å². The Morgan fingerprint density at radius 1 is 1.09 bits per heavy atom. The number of aryl methyl sites for hydroxylation is 1. The first-order valence-corrected chi connectivity index (χ1v) is 14.8. The molecule has 226 valence electrons. The van der Waals surface area contributed by atoms with Crippen LogP contribution in [-0.4, -0.2) is 61.3 Å². The van der Waals surface area contributed by atoms with Gasteiger partial charge in [-0.15, -0.1) is 0 Å². The molecule has 2 aliphatic rings. The van der Waals surface area contributed by atoms with Crippen molar-refractivity contribution in [2.75, 3.05) is 38.4 Å². The molecular weight excluding hydrogens is 576 g/mol. The number of aliphatic hydroxyl groups is 1. The second kappa shape index (κ2) is 12.7. The number of nitrogens with zero attached hydrogens (tertiary/aromatic N) is 2. The fourth-order valence-electron chi connectivity index (χ4n) is 4.86. The van der Waals surface area contributed by atoms with Crippen LogP contribution < -0.4 is 23.8 Å². The number of aliphatic hydroxyl groups excluding tert-OH is 1. The lowest BCUT2D eigenvalue weighted by atomic mass is 9.95. The van der Waals surface area contributed by atoms with Gasteiger partial charge in [0, 0.05) is 5.56 Å². The number of anilines is 1. The molecule has 11 nitrogen and oxygen atoms in total. The Morgan fingerprint density at radius 2 is 1.86 bits per heavy atom. The number of carbonyl (C=O) groups excluding carboxylic acids is 3. The molecule has 5 rings (SSSR count). The molecule has 0 radical (unpaired) electrons. The van der Waals surface area contributed by atoms with Gasteiger partial charge in [0.2, 0.25) is 0 Å². The van der Waals surface area contributed by atoms with Gasteiger partial charge >= 0.3 is 11.9 Å². The first kappa shape index (κ1) is 29.9. The minimum Gasteiger partial charge on any atom is -0.507 e. The summed E-state index contributed by atoms with van der Waals surface area (Å²) in [6.45, 7) is 6.75. The highest BCUT2D eigenvalue weighted by molar-refractivity contribution is 7.17. The minimum atomic E-state index is -1.10. The van der Waals surface area contributed by atoms with Crippen molar-refractivity contribution >= 4 is 39.9 Å². The van der Waals surface area contributed by atoms with Crippen molar-refractivity contribution in [2.24, 2.45) is 0 Å². The van der Waals surface area contributed by atoms with Crippen molar-refractivity contribution in [3.8, 4) is 23.0 Å². The average molecular weight is 609 g/mol. The maximum absolute atomic E-state index is 13.7. The van der Waals surface area contributed by atoms with E-state index in [1.807, 2.05) is 0 Å².